The Labute approximate surface area is 184 Å². The highest BCUT2D eigenvalue weighted by Gasteiger charge is 2.41. The number of alkyl halides is 3. The van der Waals surface area contributed by atoms with Crippen LogP contribution >= 0.6 is 0 Å². The van der Waals surface area contributed by atoms with Crippen molar-refractivity contribution in [3.05, 3.63) is 69.5 Å². The molecule has 2 heterocycles. The topological polar surface area (TPSA) is 65.8 Å². The molecule has 0 radical (unpaired) electrons. The van der Waals surface area contributed by atoms with Crippen LogP contribution in [0.1, 0.15) is 15.9 Å². The van der Waals surface area contributed by atoms with Gasteiger partial charge in [-0.15, -0.1) is 0 Å². The maximum absolute atomic E-state index is 15.1. The van der Waals surface area contributed by atoms with Crippen LogP contribution in [-0.4, -0.2) is 41.8 Å². The number of carbonyl (C=O) groups is 1. The highest BCUT2D eigenvalue weighted by Crippen LogP contribution is 2.43. The number of pyridine rings is 1. The van der Waals surface area contributed by atoms with Gasteiger partial charge in [-0.1, -0.05) is 0 Å². The van der Waals surface area contributed by atoms with Crippen molar-refractivity contribution >= 4 is 28.2 Å². The Hall–Kier alpha value is -3.63. The molecule has 3 aromatic rings. The molecule has 1 aliphatic rings. The Morgan fingerprint density at radius 1 is 1.00 bits per heavy atom. The molecule has 0 unspecified atom stereocenters. The van der Waals surface area contributed by atoms with Gasteiger partial charge in [0.1, 0.15) is 22.8 Å². The molecule has 11 heteroatoms. The third-order valence-electron chi connectivity index (χ3n) is 5.69. The lowest BCUT2D eigenvalue weighted by Gasteiger charge is -2.38. The van der Waals surface area contributed by atoms with E-state index in [1.807, 2.05) is 4.90 Å². The van der Waals surface area contributed by atoms with Gasteiger partial charge < -0.3 is 19.5 Å². The van der Waals surface area contributed by atoms with E-state index in [2.05, 4.69) is 0 Å². The van der Waals surface area contributed by atoms with Crippen molar-refractivity contribution in [1.82, 2.24) is 4.57 Å². The van der Waals surface area contributed by atoms with Crippen LogP contribution in [0.3, 0.4) is 0 Å². The van der Waals surface area contributed by atoms with E-state index in [4.69, 9.17) is 0 Å². The third-order valence-corrected chi connectivity index (χ3v) is 5.69. The molecule has 1 fully saturated rings. The van der Waals surface area contributed by atoms with Crippen LogP contribution in [0.25, 0.3) is 10.9 Å². The number of nitrogens with zero attached hydrogens (tertiary/aromatic N) is 3. The van der Waals surface area contributed by atoms with Crippen LogP contribution in [0.4, 0.5) is 33.3 Å². The number of anilines is 2. The number of hydrogen-bond donors (Lipinski definition) is 1. The van der Waals surface area contributed by atoms with E-state index in [9.17, 15) is 32.3 Å². The van der Waals surface area contributed by atoms with Crippen LogP contribution < -0.4 is 15.2 Å². The molecule has 0 spiro atoms. The number of piperazine rings is 1. The second kappa shape index (κ2) is 8.05. The van der Waals surface area contributed by atoms with Gasteiger partial charge in [0.15, 0.2) is 0 Å². The summed E-state index contributed by atoms with van der Waals surface area (Å²) in [5.74, 6) is -3.29. The van der Waals surface area contributed by atoms with Crippen molar-refractivity contribution in [2.24, 2.45) is 7.05 Å². The number of aromatic carboxylic acids is 1. The lowest BCUT2D eigenvalue weighted by atomic mass is 10.0. The summed E-state index contributed by atoms with van der Waals surface area (Å²) in [4.78, 5) is 26.9. The summed E-state index contributed by atoms with van der Waals surface area (Å²) >= 11 is 0. The standard InChI is InChI=1S/C22H18F5N3O3/c1-28-11-15(21(32)33)20(31)14-10-16(24)19(17(18(14)28)22(25,26)27)30-8-6-29(7-9-30)13-4-2-12(23)3-5-13/h2-5,10-11H,6-9H2,1H3,(H,32,33). The van der Waals surface area contributed by atoms with Gasteiger partial charge >= 0.3 is 12.1 Å². The van der Waals surface area contributed by atoms with E-state index < -0.39 is 56.9 Å². The zero-order valence-electron chi connectivity index (χ0n) is 17.3. The van der Waals surface area contributed by atoms with Gasteiger partial charge in [0.25, 0.3) is 0 Å². The average Bonchev–Trinajstić information content (AvgIpc) is 2.75. The first-order chi connectivity index (χ1) is 15.5. The molecular formula is C22H18F5N3O3. The predicted molar refractivity (Wildman–Crippen MR) is 112 cm³/mol. The summed E-state index contributed by atoms with van der Waals surface area (Å²) in [6.45, 7) is 0.614. The molecule has 1 aliphatic heterocycles. The lowest BCUT2D eigenvalue weighted by molar-refractivity contribution is -0.136. The van der Waals surface area contributed by atoms with Crippen molar-refractivity contribution in [3.8, 4) is 0 Å². The SMILES string of the molecule is Cn1cc(C(=O)O)c(=O)c2cc(F)c(N3CCN(c4ccc(F)cc4)CC3)c(C(F)(F)F)c21. The summed E-state index contributed by atoms with van der Waals surface area (Å²) in [6.07, 6.45) is -4.21. The van der Waals surface area contributed by atoms with E-state index in [-0.39, 0.29) is 26.2 Å². The monoisotopic (exact) mass is 467 g/mol. The van der Waals surface area contributed by atoms with Crippen LogP contribution in [-0.2, 0) is 13.2 Å². The van der Waals surface area contributed by atoms with E-state index in [0.717, 1.165) is 10.8 Å². The summed E-state index contributed by atoms with van der Waals surface area (Å²) in [7, 11) is 1.18. The molecular weight excluding hydrogens is 449 g/mol. The van der Waals surface area contributed by atoms with Gasteiger partial charge in [-0.25, -0.2) is 13.6 Å². The minimum Gasteiger partial charge on any atom is -0.477 e. The number of halogens is 5. The Bertz CT molecular complexity index is 1290. The van der Waals surface area contributed by atoms with Crippen LogP contribution in [0.2, 0.25) is 0 Å². The number of carboxylic acids is 1. The van der Waals surface area contributed by atoms with Crippen molar-refractivity contribution in [1.29, 1.82) is 0 Å². The van der Waals surface area contributed by atoms with E-state index in [0.29, 0.717) is 11.8 Å². The summed E-state index contributed by atoms with van der Waals surface area (Å²) in [5, 5.41) is 8.52. The minimum atomic E-state index is -5.02. The molecule has 174 valence electrons. The second-order valence-electron chi connectivity index (χ2n) is 7.71. The van der Waals surface area contributed by atoms with Crippen LogP contribution in [0.15, 0.2) is 41.3 Å². The summed E-state index contributed by atoms with van der Waals surface area (Å²) in [6, 6.07) is 6.33. The average molecular weight is 467 g/mol. The van der Waals surface area contributed by atoms with Gasteiger partial charge in [-0.2, -0.15) is 13.2 Å². The van der Waals surface area contributed by atoms with E-state index >= 15 is 4.39 Å². The normalized spacial score (nSPS) is 14.7. The number of aryl methyl sites for hydroxylation is 1. The van der Waals surface area contributed by atoms with Crippen LogP contribution in [0, 0.1) is 11.6 Å². The van der Waals surface area contributed by atoms with Crippen molar-refractivity contribution in [3.63, 3.8) is 0 Å². The molecule has 6 nitrogen and oxygen atoms in total. The molecule has 33 heavy (non-hydrogen) atoms. The number of aromatic nitrogens is 1. The maximum atomic E-state index is 15.1. The summed E-state index contributed by atoms with van der Waals surface area (Å²) < 4.78 is 71.7. The first kappa shape index (κ1) is 22.6. The minimum absolute atomic E-state index is 0.0457. The fourth-order valence-electron chi connectivity index (χ4n) is 4.20. The Kier molecular flexibility index (Phi) is 5.51. The van der Waals surface area contributed by atoms with Gasteiger partial charge in [0.2, 0.25) is 5.43 Å². The van der Waals surface area contributed by atoms with Crippen LogP contribution in [0.5, 0.6) is 0 Å². The van der Waals surface area contributed by atoms with Crippen molar-refractivity contribution in [2.75, 3.05) is 36.0 Å². The first-order valence-corrected chi connectivity index (χ1v) is 9.91. The Balaban J connectivity index is 1.81. The zero-order chi connectivity index (χ0) is 24.1. The maximum Gasteiger partial charge on any atom is 0.420 e. The Morgan fingerprint density at radius 3 is 2.12 bits per heavy atom. The van der Waals surface area contributed by atoms with Gasteiger partial charge in [-0.3, -0.25) is 4.79 Å². The first-order valence-electron chi connectivity index (χ1n) is 9.91. The second-order valence-corrected chi connectivity index (χ2v) is 7.71. The van der Waals surface area contributed by atoms with E-state index in [1.54, 1.807) is 12.1 Å². The van der Waals surface area contributed by atoms with Crippen molar-refractivity contribution < 1.29 is 31.9 Å². The quantitative estimate of drug-likeness (QED) is 0.593. The molecule has 0 bridgehead atoms. The lowest BCUT2D eigenvalue weighted by Crippen LogP contribution is -2.47. The molecule has 1 N–H and O–H groups in total. The van der Waals surface area contributed by atoms with Crippen molar-refractivity contribution in [2.45, 2.75) is 6.18 Å². The number of fused-ring (bicyclic) bond motifs is 1. The molecule has 1 saturated heterocycles. The third kappa shape index (κ3) is 3.98. The Morgan fingerprint density at radius 2 is 1.58 bits per heavy atom. The van der Waals surface area contributed by atoms with Gasteiger partial charge in [0, 0.05) is 45.1 Å². The number of hydrogen-bond acceptors (Lipinski definition) is 4. The highest BCUT2D eigenvalue weighted by molar-refractivity contribution is 5.95. The predicted octanol–water partition coefficient (Wildman–Crippen LogP) is 3.86. The molecule has 1 aromatic heterocycles. The summed E-state index contributed by atoms with van der Waals surface area (Å²) in [5.41, 5.74) is -3.86. The zero-order valence-corrected chi connectivity index (χ0v) is 17.3. The molecule has 0 amide bonds. The fourth-order valence-corrected chi connectivity index (χ4v) is 4.20. The molecule has 0 atom stereocenters. The van der Waals surface area contributed by atoms with Gasteiger partial charge in [-0.05, 0) is 30.3 Å². The number of benzene rings is 2. The number of carboxylic acid groups (broad SMARTS) is 1. The molecule has 0 saturated carbocycles. The molecule has 4 rings (SSSR count). The molecule has 2 aromatic carbocycles. The smallest absolute Gasteiger partial charge is 0.420 e. The molecule has 0 aliphatic carbocycles. The highest BCUT2D eigenvalue weighted by atomic mass is 19.4. The number of rotatable bonds is 3. The fraction of sp³-hybridized carbons (Fsp3) is 0.273. The van der Waals surface area contributed by atoms with E-state index in [1.165, 1.54) is 24.1 Å². The van der Waals surface area contributed by atoms with Gasteiger partial charge in [0.05, 0.1) is 16.6 Å². The largest absolute Gasteiger partial charge is 0.477 e.